The van der Waals surface area contributed by atoms with E-state index in [1.807, 2.05) is 54.6 Å². The van der Waals surface area contributed by atoms with Crippen molar-refractivity contribution in [1.82, 2.24) is 24.1 Å². The molecule has 0 N–H and O–H groups in total. The van der Waals surface area contributed by atoms with Gasteiger partial charge in [-0.2, -0.15) is 9.97 Å². The van der Waals surface area contributed by atoms with E-state index in [1.165, 1.54) is 38.2 Å². The quantitative estimate of drug-likeness (QED) is 0.175. The van der Waals surface area contributed by atoms with Crippen LogP contribution in [0.25, 0.3) is 122 Å². The third-order valence-corrected chi connectivity index (χ3v) is 12.2. The second kappa shape index (κ2) is 13.1. The van der Waals surface area contributed by atoms with Gasteiger partial charge in [0.05, 0.1) is 22.1 Å². The molecule has 0 fully saturated rings. The predicted molar refractivity (Wildman–Crippen MR) is 250 cm³/mol. The second-order valence-electron chi connectivity index (χ2n) is 15.6. The van der Waals surface area contributed by atoms with Crippen molar-refractivity contribution in [3.8, 4) is 45.5 Å². The van der Waals surface area contributed by atoms with Crippen molar-refractivity contribution in [1.29, 1.82) is 0 Å². The van der Waals surface area contributed by atoms with Crippen LogP contribution in [-0.2, 0) is 0 Å². The molecule has 0 aliphatic heterocycles. The maximum Gasteiger partial charge on any atom is 0.238 e. The molecule has 61 heavy (non-hydrogen) atoms. The van der Waals surface area contributed by atoms with Gasteiger partial charge in [-0.25, -0.2) is 4.98 Å². The van der Waals surface area contributed by atoms with Crippen molar-refractivity contribution in [3.63, 3.8) is 0 Å². The number of furan rings is 1. The maximum atomic E-state index is 6.33. The van der Waals surface area contributed by atoms with Crippen molar-refractivity contribution in [3.05, 3.63) is 200 Å². The molecule has 0 amide bonds. The average molecular weight is 780 g/mol. The molecule has 0 saturated carbocycles. The minimum absolute atomic E-state index is 0.545. The van der Waals surface area contributed by atoms with E-state index in [2.05, 4.69) is 155 Å². The number of rotatable bonds is 5. The molecular weight excluding hydrogens is 747 g/mol. The minimum Gasteiger partial charge on any atom is -0.456 e. The Morgan fingerprint density at radius 3 is 1.80 bits per heavy atom. The highest BCUT2D eigenvalue weighted by atomic mass is 16.3. The summed E-state index contributed by atoms with van der Waals surface area (Å²) in [5.74, 6) is 1.71. The first-order chi connectivity index (χ1) is 30.2. The van der Waals surface area contributed by atoms with E-state index in [4.69, 9.17) is 19.4 Å². The van der Waals surface area contributed by atoms with Gasteiger partial charge in [0.15, 0.2) is 11.6 Å². The molecule has 13 aromatic rings. The lowest BCUT2D eigenvalue weighted by molar-refractivity contribution is 0.669. The summed E-state index contributed by atoms with van der Waals surface area (Å²) in [5, 5.41) is 9.19. The smallest absolute Gasteiger partial charge is 0.238 e. The molecule has 4 aromatic heterocycles. The van der Waals surface area contributed by atoms with E-state index < -0.39 is 0 Å². The molecule has 9 aromatic carbocycles. The number of hydrogen-bond acceptors (Lipinski definition) is 4. The van der Waals surface area contributed by atoms with Crippen molar-refractivity contribution in [2.45, 2.75) is 0 Å². The molecule has 0 bridgehead atoms. The summed E-state index contributed by atoms with van der Waals surface area (Å²) < 4.78 is 11.0. The summed E-state index contributed by atoms with van der Waals surface area (Å²) in [6, 6.07) is 70.4. The standard InChI is InChI=1S/C55H33N5O/c1-3-14-34(15-4-1)37-19-13-20-39(32-37)59-46-30-31-47-50(51(46)44-29-26-35-16-7-8-21-40(35)52(44)59)43-23-9-11-24-45(43)60(47)55-57-53(36-17-5-2-6-18-36)56-54(58-55)38-27-28-42-41-22-10-12-25-48(41)61-49(42)33-38/h1-33H. The zero-order chi connectivity index (χ0) is 40.0. The van der Waals surface area contributed by atoms with E-state index in [0.717, 1.165) is 66.1 Å². The molecule has 4 heterocycles. The molecule has 6 nitrogen and oxygen atoms in total. The fourth-order valence-electron chi connectivity index (χ4n) is 9.44. The minimum atomic E-state index is 0.545. The summed E-state index contributed by atoms with van der Waals surface area (Å²) >= 11 is 0. The fraction of sp³-hybridized carbons (Fsp3) is 0. The van der Waals surface area contributed by atoms with Crippen LogP contribution in [0, 0.1) is 0 Å². The Balaban J connectivity index is 1.11. The Morgan fingerprint density at radius 1 is 0.344 bits per heavy atom. The summed E-state index contributed by atoms with van der Waals surface area (Å²) in [7, 11) is 0. The molecule has 0 spiro atoms. The first kappa shape index (κ1) is 33.6. The summed E-state index contributed by atoms with van der Waals surface area (Å²) in [6.45, 7) is 0. The van der Waals surface area contributed by atoms with Gasteiger partial charge in [-0.05, 0) is 65.0 Å². The fourth-order valence-corrected chi connectivity index (χ4v) is 9.44. The Kier molecular flexibility index (Phi) is 7.21. The van der Waals surface area contributed by atoms with Crippen LogP contribution in [0.5, 0.6) is 0 Å². The van der Waals surface area contributed by atoms with Crippen LogP contribution in [0.3, 0.4) is 0 Å². The molecule has 0 atom stereocenters. The molecule has 0 unspecified atom stereocenters. The molecule has 0 aliphatic carbocycles. The first-order valence-corrected chi connectivity index (χ1v) is 20.5. The van der Waals surface area contributed by atoms with Gasteiger partial charge >= 0.3 is 0 Å². The molecule has 284 valence electrons. The predicted octanol–water partition coefficient (Wildman–Crippen LogP) is 14.1. The van der Waals surface area contributed by atoms with Gasteiger partial charge in [0.25, 0.3) is 0 Å². The molecule has 0 saturated heterocycles. The lowest BCUT2D eigenvalue weighted by Crippen LogP contribution is -2.06. The van der Waals surface area contributed by atoms with Gasteiger partial charge in [-0.15, -0.1) is 0 Å². The van der Waals surface area contributed by atoms with Crippen molar-refractivity contribution in [2.75, 3.05) is 0 Å². The van der Waals surface area contributed by atoms with Gasteiger partial charge in [0, 0.05) is 54.5 Å². The van der Waals surface area contributed by atoms with Crippen LogP contribution in [0.4, 0.5) is 0 Å². The van der Waals surface area contributed by atoms with Crippen molar-refractivity contribution in [2.24, 2.45) is 0 Å². The van der Waals surface area contributed by atoms with Crippen LogP contribution in [0.1, 0.15) is 0 Å². The largest absolute Gasteiger partial charge is 0.456 e. The third kappa shape index (κ3) is 5.12. The zero-order valence-corrected chi connectivity index (χ0v) is 32.7. The van der Waals surface area contributed by atoms with Crippen LogP contribution in [-0.4, -0.2) is 24.1 Å². The SMILES string of the molecule is c1ccc(-c2cccc(-n3c4ccc5c(c6ccccc6n5-c5nc(-c6ccccc6)nc(-c6ccc7c(c6)oc6ccccc67)n5)c4c4ccc5ccccc5c43)c2)cc1. The van der Waals surface area contributed by atoms with Crippen molar-refractivity contribution >= 4 is 76.3 Å². The lowest BCUT2D eigenvalue weighted by atomic mass is 10.0. The average Bonchev–Trinajstić information content (AvgIpc) is 3.99. The van der Waals surface area contributed by atoms with E-state index >= 15 is 0 Å². The lowest BCUT2D eigenvalue weighted by Gasteiger charge is -2.12. The highest BCUT2D eigenvalue weighted by Gasteiger charge is 2.24. The molecular formula is C55H33N5O. The highest BCUT2D eigenvalue weighted by molar-refractivity contribution is 6.31. The van der Waals surface area contributed by atoms with Gasteiger partial charge < -0.3 is 8.98 Å². The van der Waals surface area contributed by atoms with E-state index in [9.17, 15) is 0 Å². The first-order valence-electron chi connectivity index (χ1n) is 20.5. The molecule has 6 heteroatoms. The summed E-state index contributed by atoms with van der Waals surface area (Å²) in [4.78, 5) is 15.7. The van der Waals surface area contributed by atoms with Crippen molar-refractivity contribution < 1.29 is 4.42 Å². The second-order valence-corrected chi connectivity index (χ2v) is 15.6. The van der Waals surface area contributed by atoms with Crippen LogP contribution < -0.4 is 0 Å². The van der Waals surface area contributed by atoms with E-state index in [1.54, 1.807) is 0 Å². The topological polar surface area (TPSA) is 61.7 Å². The Hall–Kier alpha value is -8.35. The van der Waals surface area contributed by atoms with E-state index in [0.29, 0.717) is 17.6 Å². The van der Waals surface area contributed by atoms with E-state index in [-0.39, 0.29) is 0 Å². The van der Waals surface area contributed by atoms with Gasteiger partial charge in [-0.3, -0.25) is 4.57 Å². The van der Waals surface area contributed by atoms with Crippen LogP contribution in [0.2, 0.25) is 0 Å². The Labute approximate surface area is 349 Å². The van der Waals surface area contributed by atoms with Gasteiger partial charge in [-0.1, -0.05) is 152 Å². The Bertz CT molecular complexity index is 3880. The summed E-state index contributed by atoms with van der Waals surface area (Å²) in [6.07, 6.45) is 0. The molecule has 0 aliphatic rings. The maximum absolute atomic E-state index is 6.33. The number of para-hydroxylation sites is 2. The number of aromatic nitrogens is 5. The number of nitrogens with zero attached hydrogens (tertiary/aromatic N) is 5. The third-order valence-electron chi connectivity index (χ3n) is 12.2. The molecule has 0 radical (unpaired) electrons. The zero-order valence-electron chi connectivity index (χ0n) is 32.7. The highest BCUT2D eigenvalue weighted by Crippen LogP contribution is 2.44. The van der Waals surface area contributed by atoms with Gasteiger partial charge in [0.1, 0.15) is 11.2 Å². The monoisotopic (exact) mass is 779 g/mol. The molecule has 13 rings (SSSR count). The van der Waals surface area contributed by atoms with Crippen LogP contribution in [0.15, 0.2) is 205 Å². The summed E-state index contributed by atoms with van der Waals surface area (Å²) in [5.41, 5.74) is 11.2. The Morgan fingerprint density at radius 2 is 0.967 bits per heavy atom. The normalized spacial score (nSPS) is 11.9. The van der Waals surface area contributed by atoms with Crippen LogP contribution >= 0.6 is 0 Å². The van der Waals surface area contributed by atoms with Gasteiger partial charge in [0.2, 0.25) is 5.95 Å². The number of fused-ring (bicyclic) bond motifs is 12. The number of hydrogen-bond donors (Lipinski definition) is 0. The number of benzene rings is 9.